The van der Waals surface area contributed by atoms with Crippen LogP contribution < -0.4 is 16.0 Å². The van der Waals surface area contributed by atoms with Crippen LogP contribution in [0.2, 0.25) is 5.02 Å². The van der Waals surface area contributed by atoms with Crippen LogP contribution in [0, 0.1) is 0 Å². The van der Waals surface area contributed by atoms with Crippen molar-refractivity contribution in [2.45, 2.75) is 64.2 Å². The lowest BCUT2D eigenvalue weighted by Gasteiger charge is -2.46. The molecule has 1 saturated heterocycles. The molecule has 1 aliphatic heterocycles. The number of urea groups is 1. The van der Waals surface area contributed by atoms with Crippen LogP contribution in [-0.4, -0.2) is 23.2 Å². The van der Waals surface area contributed by atoms with Crippen molar-refractivity contribution in [2.24, 2.45) is 0 Å². The van der Waals surface area contributed by atoms with Gasteiger partial charge >= 0.3 is 6.03 Å². The molecule has 0 radical (unpaired) electrons. The number of benzene rings is 1. The summed E-state index contributed by atoms with van der Waals surface area (Å²) in [7, 11) is 0. The number of hydrogen-bond donors (Lipinski definition) is 3. The lowest BCUT2D eigenvalue weighted by molar-refractivity contribution is 0.147. The molecule has 0 unspecified atom stereocenters. The third-order valence-corrected chi connectivity index (χ3v) is 4.10. The van der Waals surface area contributed by atoms with E-state index < -0.39 is 0 Å². The van der Waals surface area contributed by atoms with Gasteiger partial charge in [0, 0.05) is 28.7 Å². The highest BCUT2D eigenvalue weighted by atomic mass is 35.5. The molecule has 22 heavy (non-hydrogen) atoms. The zero-order chi connectivity index (χ0) is 16.4. The molecule has 1 aromatic carbocycles. The molecule has 0 aromatic heterocycles. The fourth-order valence-electron chi connectivity index (χ4n) is 3.49. The van der Waals surface area contributed by atoms with E-state index in [9.17, 15) is 4.79 Å². The smallest absolute Gasteiger partial charge is 0.315 e. The van der Waals surface area contributed by atoms with Gasteiger partial charge in [0.2, 0.25) is 0 Å². The molecule has 2 amide bonds. The van der Waals surface area contributed by atoms with Gasteiger partial charge in [-0.2, -0.15) is 0 Å². The average Bonchev–Trinajstić information content (AvgIpc) is 2.32. The topological polar surface area (TPSA) is 53.2 Å². The van der Waals surface area contributed by atoms with E-state index in [1.165, 1.54) is 0 Å². The zero-order valence-electron chi connectivity index (χ0n) is 13.8. The number of carbonyl (C=O) groups excluding carboxylic acids is 1. The zero-order valence-corrected chi connectivity index (χ0v) is 14.6. The number of carbonyl (C=O) groups is 1. The van der Waals surface area contributed by atoms with E-state index in [2.05, 4.69) is 43.6 Å². The highest BCUT2D eigenvalue weighted by Gasteiger charge is 2.38. The fraction of sp³-hybridized carbons (Fsp3) is 0.588. The van der Waals surface area contributed by atoms with Gasteiger partial charge in [-0.3, -0.25) is 0 Å². The van der Waals surface area contributed by atoms with Crippen molar-refractivity contribution in [1.82, 2.24) is 16.0 Å². The highest BCUT2D eigenvalue weighted by molar-refractivity contribution is 6.30. The SMILES string of the molecule is CC1(C)CC(NC(=O)NCc2cccc(Cl)c2)CC(C)(C)N1. The molecule has 0 aliphatic carbocycles. The predicted molar refractivity (Wildman–Crippen MR) is 91.1 cm³/mol. The minimum absolute atomic E-state index is 0.0205. The Morgan fingerprint density at radius 3 is 2.50 bits per heavy atom. The maximum atomic E-state index is 12.1. The standard InChI is InChI=1S/C17H26ClN3O/c1-16(2)9-14(10-17(3,4)21-16)20-15(22)19-11-12-6-5-7-13(18)8-12/h5-8,14,21H,9-11H2,1-4H3,(H2,19,20,22). The molecular weight excluding hydrogens is 298 g/mol. The van der Waals surface area contributed by atoms with Crippen LogP contribution in [0.5, 0.6) is 0 Å². The van der Waals surface area contributed by atoms with Crippen LogP contribution in [-0.2, 0) is 6.54 Å². The molecule has 0 bridgehead atoms. The summed E-state index contributed by atoms with van der Waals surface area (Å²) in [6.07, 6.45) is 1.84. The maximum absolute atomic E-state index is 12.1. The summed E-state index contributed by atoms with van der Waals surface area (Å²) >= 11 is 5.94. The van der Waals surface area contributed by atoms with Crippen molar-refractivity contribution in [3.63, 3.8) is 0 Å². The van der Waals surface area contributed by atoms with Crippen molar-refractivity contribution in [3.8, 4) is 0 Å². The molecule has 4 nitrogen and oxygen atoms in total. The van der Waals surface area contributed by atoms with Crippen LogP contribution in [0.25, 0.3) is 0 Å². The Kier molecular flexibility index (Phi) is 5.03. The van der Waals surface area contributed by atoms with E-state index in [1.807, 2.05) is 24.3 Å². The van der Waals surface area contributed by atoms with Gasteiger partial charge in [-0.1, -0.05) is 23.7 Å². The summed E-state index contributed by atoms with van der Waals surface area (Å²) in [5.41, 5.74) is 1.04. The molecule has 5 heteroatoms. The number of halogens is 1. The molecular formula is C17H26ClN3O. The van der Waals surface area contributed by atoms with Crippen LogP contribution in [0.1, 0.15) is 46.1 Å². The predicted octanol–water partition coefficient (Wildman–Crippen LogP) is 3.45. The summed E-state index contributed by atoms with van der Waals surface area (Å²) in [6.45, 7) is 9.17. The van der Waals surface area contributed by atoms with Crippen molar-refractivity contribution < 1.29 is 4.79 Å². The first-order valence-electron chi connectivity index (χ1n) is 7.73. The van der Waals surface area contributed by atoms with Crippen LogP contribution in [0.15, 0.2) is 24.3 Å². The summed E-state index contributed by atoms with van der Waals surface area (Å²) in [5, 5.41) is 10.3. The summed E-state index contributed by atoms with van der Waals surface area (Å²) in [5.74, 6) is 0. The average molecular weight is 324 g/mol. The van der Waals surface area contributed by atoms with E-state index in [0.29, 0.717) is 11.6 Å². The molecule has 1 heterocycles. The summed E-state index contributed by atoms with van der Waals surface area (Å²) < 4.78 is 0. The van der Waals surface area contributed by atoms with E-state index in [4.69, 9.17) is 11.6 Å². The summed E-state index contributed by atoms with van der Waals surface area (Å²) in [6, 6.07) is 7.56. The van der Waals surface area contributed by atoms with E-state index in [0.717, 1.165) is 18.4 Å². The third-order valence-electron chi connectivity index (χ3n) is 3.87. The van der Waals surface area contributed by atoms with Gasteiger partial charge < -0.3 is 16.0 Å². The minimum atomic E-state index is -0.126. The number of hydrogen-bond acceptors (Lipinski definition) is 2. The van der Waals surface area contributed by atoms with E-state index >= 15 is 0 Å². The number of nitrogens with one attached hydrogen (secondary N) is 3. The first-order valence-corrected chi connectivity index (χ1v) is 8.11. The van der Waals surface area contributed by atoms with Crippen molar-refractivity contribution in [3.05, 3.63) is 34.9 Å². The fourth-order valence-corrected chi connectivity index (χ4v) is 3.70. The second kappa shape index (κ2) is 6.47. The Balaban J connectivity index is 1.86. The molecule has 2 rings (SSSR count). The third kappa shape index (κ3) is 5.18. The monoisotopic (exact) mass is 323 g/mol. The van der Waals surface area contributed by atoms with E-state index in [1.54, 1.807) is 0 Å². The first-order chi connectivity index (χ1) is 10.2. The van der Waals surface area contributed by atoms with Crippen LogP contribution in [0.4, 0.5) is 4.79 Å². The Morgan fingerprint density at radius 1 is 1.27 bits per heavy atom. The second-order valence-electron chi connectivity index (χ2n) is 7.45. The van der Waals surface area contributed by atoms with Gasteiger partial charge in [-0.25, -0.2) is 4.79 Å². The van der Waals surface area contributed by atoms with Gasteiger partial charge in [-0.05, 0) is 58.2 Å². The van der Waals surface area contributed by atoms with Gasteiger partial charge in [0.05, 0.1) is 0 Å². The normalized spacial score (nSPS) is 20.4. The second-order valence-corrected chi connectivity index (χ2v) is 7.89. The largest absolute Gasteiger partial charge is 0.335 e. The highest BCUT2D eigenvalue weighted by Crippen LogP contribution is 2.28. The Labute approximate surface area is 138 Å². The van der Waals surface area contributed by atoms with Crippen molar-refractivity contribution in [1.29, 1.82) is 0 Å². The van der Waals surface area contributed by atoms with Crippen molar-refractivity contribution >= 4 is 17.6 Å². The molecule has 122 valence electrons. The van der Waals surface area contributed by atoms with Gasteiger partial charge in [0.1, 0.15) is 0 Å². The molecule has 0 atom stereocenters. The van der Waals surface area contributed by atoms with Gasteiger partial charge in [0.25, 0.3) is 0 Å². The Bertz CT molecular complexity index is 526. The summed E-state index contributed by atoms with van der Waals surface area (Å²) in [4.78, 5) is 12.1. The van der Waals surface area contributed by atoms with E-state index in [-0.39, 0.29) is 23.2 Å². The molecule has 0 spiro atoms. The minimum Gasteiger partial charge on any atom is -0.335 e. The molecule has 1 aliphatic rings. The van der Waals surface area contributed by atoms with Crippen molar-refractivity contribution in [2.75, 3.05) is 0 Å². The van der Waals surface area contributed by atoms with Crippen LogP contribution >= 0.6 is 11.6 Å². The Hall–Kier alpha value is -1.26. The lowest BCUT2D eigenvalue weighted by Crippen LogP contribution is -2.62. The molecule has 1 aromatic rings. The molecule has 1 fully saturated rings. The Morgan fingerprint density at radius 2 is 1.91 bits per heavy atom. The quantitative estimate of drug-likeness (QED) is 0.798. The van der Waals surface area contributed by atoms with Gasteiger partial charge in [-0.15, -0.1) is 0 Å². The first kappa shape index (κ1) is 17.1. The number of amides is 2. The molecule has 3 N–H and O–H groups in total. The number of rotatable bonds is 3. The molecule has 0 saturated carbocycles. The van der Waals surface area contributed by atoms with Gasteiger partial charge in [0.15, 0.2) is 0 Å². The number of piperidine rings is 1. The lowest BCUT2D eigenvalue weighted by atomic mass is 9.80. The van der Waals surface area contributed by atoms with Crippen LogP contribution in [0.3, 0.4) is 0 Å². The maximum Gasteiger partial charge on any atom is 0.315 e.